The lowest BCUT2D eigenvalue weighted by Gasteiger charge is -2.18. The van der Waals surface area contributed by atoms with E-state index in [1.807, 2.05) is 16.8 Å². The average molecular weight is 304 g/mol. The van der Waals surface area contributed by atoms with E-state index in [1.54, 1.807) is 31.3 Å². The topological polar surface area (TPSA) is 73.1 Å². The van der Waals surface area contributed by atoms with Crippen molar-refractivity contribution in [3.8, 4) is 0 Å². The van der Waals surface area contributed by atoms with Crippen LogP contribution in [0.25, 0.3) is 0 Å². The van der Waals surface area contributed by atoms with Crippen LogP contribution in [-0.2, 0) is 0 Å². The molecular weight excluding hydrogens is 288 g/mol. The number of aromatic nitrogens is 1. The van der Waals surface area contributed by atoms with Crippen molar-refractivity contribution in [2.45, 2.75) is 31.7 Å². The summed E-state index contributed by atoms with van der Waals surface area (Å²) in [5.74, 6) is -0.571. The van der Waals surface area contributed by atoms with Gasteiger partial charge < -0.3 is 0 Å². The lowest BCUT2D eigenvalue weighted by Crippen LogP contribution is -2.28. The summed E-state index contributed by atoms with van der Waals surface area (Å²) in [4.78, 5) is 27.3. The molecule has 0 spiro atoms. The number of nitro groups is 1. The SMILES string of the molecule is CC[C@H]([C@@H](CC(=O)c1ccccn1)c1ccsc1)[N+](=O)[O-]. The van der Waals surface area contributed by atoms with Gasteiger partial charge in [0, 0.05) is 24.0 Å². The van der Waals surface area contributed by atoms with Crippen molar-refractivity contribution in [1.82, 2.24) is 4.98 Å². The number of hydrogen-bond acceptors (Lipinski definition) is 5. The fourth-order valence-corrected chi connectivity index (χ4v) is 3.10. The number of hydrogen-bond donors (Lipinski definition) is 0. The zero-order valence-electron chi connectivity index (χ0n) is 11.6. The van der Waals surface area contributed by atoms with Gasteiger partial charge in [0.1, 0.15) is 5.69 Å². The lowest BCUT2D eigenvalue weighted by molar-refractivity contribution is -0.527. The minimum Gasteiger partial charge on any atom is -0.292 e. The number of rotatable bonds is 7. The van der Waals surface area contributed by atoms with Gasteiger partial charge >= 0.3 is 0 Å². The van der Waals surface area contributed by atoms with Gasteiger partial charge in [-0.2, -0.15) is 11.3 Å². The summed E-state index contributed by atoms with van der Waals surface area (Å²) in [5.41, 5.74) is 1.21. The smallest absolute Gasteiger partial charge is 0.220 e. The van der Waals surface area contributed by atoms with Crippen LogP contribution in [0.4, 0.5) is 0 Å². The summed E-state index contributed by atoms with van der Waals surface area (Å²) in [7, 11) is 0. The van der Waals surface area contributed by atoms with E-state index in [0.717, 1.165) is 5.56 Å². The van der Waals surface area contributed by atoms with Crippen molar-refractivity contribution < 1.29 is 9.72 Å². The Hall–Kier alpha value is -2.08. The second kappa shape index (κ2) is 7.08. The van der Waals surface area contributed by atoms with E-state index < -0.39 is 12.0 Å². The standard InChI is InChI=1S/C15H16N2O3S/c1-2-14(17(19)20)12(11-6-8-21-10-11)9-15(18)13-5-3-4-7-16-13/h3-8,10,12,14H,2,9H2,1H3/t12-,14+/m0/s1. The van der Waals surface area contributed by atoms with Crippen molar-refractivity contribution in [2.24, 2.45) is 0 Å². The summed E-state index contributed by atoms with van der Waals surface area (Å²) >= 11 is 1.48. The van der Waals surface area contributed by atoms with Crippen LogP contribution in [0.5, 0.6) is 0 Å². The minimum absolute atomic E-state index is 0.104. The highest BCUT2D eigenvalue weighted by Crippen LogP contribution is 2.30. The maximum absolute atomic E-state index is 12.3. The minimum atomic E-state index is -0.757. The Morgan fingerprint density at radius 3 is 2.76 bits per heavy atom. The molecule has 2 rings (SSSR count). The van der Waals surface area contributed by atoms with E-state index in [2.05, 4.69) is 4.98 Å². The van der Waals surface area contributed by atoms with Gasteiger partial charge in [-0.15, -0.1) is 0 Å². The lowest BCUT2D eigenvalue weighted by atomic mass is 9.87. The predicted octanol–water partition coefficient (Wildman–Crippen LogP) is 3.56. The maximum atomic E-state index is 12.3. The number of nitrogens with zero attached hydrogens (tertiary/aromatic N) is 2. The van der Waals surface area contributed by atoms with Gasteiger partial charge in [0.25, 0.3) is 0 Å². The molecule has 21 heavy (non-hydrogen) atoms. The Kier molecular flexibility index (Phi) is 5.16. The Morgan fingerprint density at radius 1 is 1.43 bits per heavy atom. The van der Waals surface area contributed by atoms with Crippen molar-refractivity contribution in [3.63, 3.8) is 0 Å². The predicted molar refractivity (Wildman–Crippen MR) is 81.3 cm³/mol. The molecule has 0 N–H and O–H groups in total. The summed E-state index contributed by atoms with van der Waals surface area (Å²) in [6.07, 6.45) is 2.05. The molecule has 0 radical (unpaired) electrons. The first kappa shape index (κ1) is 15.3. The molecule has 2 aromatic heterocycles. The maximum Gasteiger partial charge on any atom is 0.220 e. The molecule has 0 aliphatic heterocycles. The third-order valence-corrected chi connectivity index (χ3v) is 4.18. The van der Waals surface area contributed by atoms with Crippen LogP contribution >= 0.6 is 11.3 Å². The van der Waals surface area contributed by atoms with E-state index in [0.29, 0.717) is 12.1 Å². The largest absolute Gasteiger partial charge is 0.292 e. The fourth-order valence-electron chi connectivity index (χ4n) is 2.37. The van der Waals surface area contributed by atoms with Crippen LogP contribution in [0.2, 0.25) is 0 Å². The molecule has 0 aromatic carbocycles. The zero-order chi connectivity index (χ0) is 15.2. The van der Waals surface area contributed by atoms with Gasteiger partial charge in [0.2, 0.25) is 6.04 Å². The third kappa shape index (κ3) is 3.72. The van der Waals surface area contributed by atoms with Crippen LogP contribution in [0.3, 0.4) is 0 Å². The highest BCUT2D eigenvalue weighted by molar-refractivity contribution is 7.08. The summed E-state index contributed by atoms with van der Waals surface area (Å²) < 4.78 is 0. The number of ketones is 1. The molecule has 0 unspecified atom stereocenters. The van der Waals surface area contributed by atoms with Gasteiger partial charge in [-0.1, -0.05) is 13.0 Å². The van der Waals surface area contributed by atoms with Crippen molar-refractivity contribution in [2.75, 3.05) is 0 Å². The molecule has 2 atom stereocenters. The summed E-state index contributed by atoms with van der Waals surface area (Å²) in [6, 6.07) is 6.21. The highest BCUT2D eigenvalue weighted by Gasteiger charge is 2.33. The second-order valence-electron chi connectivity index (χ2n) is 4.77. The van der Waals surface area contributed by atoms with E-state index in [9.17, 15) is 14.9 Å². The Balaban J connectivity index is 2.24. The van der Waals surface area contributed by atoms with Gasteiger partial charge in [-0.25, -0.2) is 0 Å². The quantitative estimate of drug-likeness (QED) is 0.445. The van der Waals surface area contributed by atoms with Crippen molar-refractivity contribution >= 4 is 17.1 Å². The molecule has 5 nitrogen and oxygen atoms in total. The molecular formula is C15H16N2O3S. The number of thiophene rings is 1. The highest BCUT2D eigenvalue weighted by atomic mass is 32.1. The molecule has 0 amide bonds. The molecule has 2 aromatic rings. The summed E-state index contributed by atoms with van der Waals surface area (Å²) in [6.45, 7) is 1.78. The number of Topliss-reactive ketones (excluding diaryl/α,β-unsaturated/α-hetero) is 1. The molecule has 0 aliphatic carbocycles. The first-order valence-electron chi connectivity index (χ1n) is 6.73. The molecule has 0 bridgehead atoms. The molecule has 0 saturated carbocycles. The number of carbonyl (C=O) groups excluding carboxylic acids is 1. The third-order valence-electron chi connectivity index (χ3n) is 3.48. The summed E-state index contributed by atoms with van der Waals surface area (Å²) in [5, 5.41) is 15.0. The van der Waals surface area contributed by atoms with E-state index in [4.69, 9.17) is 0 Å². The van der Waals surface area contributed by atoms with Crippen LogP contribution < -0.4 is 0 Å². The molecule has 0 fully saturated rings. The monoisotopic (exact) mass is 304 g/mol. The van der Waals surface area contributed by atoms with E-state index in [1.165, 1.54) is 11.3 Å². The fraction of sp³-hybridized carbons (Fsp3) is 0.333. The van der Waals surface area contributed by atoms with Gasteiger partial charge in [-0.05, 0) is 34.5 Å². The van der Waals surface area contributed by atoms with Crippen molar-refractivity contribution in [3.05, 3.63) is 62.6 Å². The van der Waals surface area contributed by atoms with Gasteiger partial charge in [-0.3, -0.25) is 19.9 Å². The zero-order valence-corrected chi connectivity index (χ0v) is 12.5. The second-order valence-corrected chi connectivity index (χ2v) is 5.55. The molecule has 0 aliphatic rings. The number of pyridine rings is 1. The van der Waals surface area contributed by atoms with Crippen LogP contribution in [0.15, 0.2) is 41.2 Å². The van der Waals surface area contributed by atoms with Crippen LogP contribution in [-0.4, -0.2) is 21.7 Å². The molecule has 110 valence electrons. The molecule has 0 saturated heterocycles. The van der Waals surface area contributed by atoms with Crippen LogP contribution in [0.1, 0.15) is 41.7 Å². The Bertz CT molecular complexity index is 599. The first-order chi connectivity index (χ1) is 10.1. The van der Waals surface area contributed by atoms with Crippen LogP contribution in [0, 0.1) is 10.1 Å². The van der Waals surface area contributed by atoms with Gasteiger partial charge in [0.05, 0.1) is 5.92 Å². The van der Waals surface area contributed by atoms with Crippen molar-refractivity contribution in [1.29, 1.82) is 0 Å². The molecule has 6 heteroatoms. The van der Waals surface area contributed by atoms with E-state index >= 15 is 0 Å². The molecule has 2 heterocycles. The Morgan fingerprint density at radius 2 is 2.24 bits per heavy atom. The number of carbonyl (C=O) groups is 1. The van der Waals surface area contributed by atoms with Gasteiger partial charge in [0.15, 0.2) is 5.78 Å². The van der Waals surface area contributed by atoms with E-state index in [-0.39, 0.29) is 17.1 Å². The Labute approximate surface area is 126 Å². The first-order valence-corrected chi connectivity index (χ1v) is 7.67. The average Bonchev–Trinajstić information content (AvgIpc) is 3.01. The normalized spacial score (nSPS) is 13.6.